The fourth-order valence-corrected chi connectivity index (χ4v) is 2.22. The number of aryl methyl sites for hydroxylation is 1. The molecular weight excluding hydrogens is 270 g/mol. The number of halogens is 1. The molecule has 88 valence electrons. The summed E-state index contributed by atoms with van der Waals surface area (Å²) in [6, 6.07) is 0. The Bertz CT molecular complexity index is 364. The molecule has 2 heterocycles. The number of morpholine rings is 1. The van der Waals surface area contributed by atoms with Crippen molar-refractivity contribution >= 4 is 21.9 Å². The van der Waals surface area contributed by atoms with E-state index in [0.717, 1.165) is 43.5 Å². The van der Waals surface area contributed by atoms with Crippen molar-refractivity contribution in [3.8, 4) is 0 Å². The monoisotopic (exact) mass is 285 g/mol. The van der Waals surface area contributed by atoms with Crippen LogP contribution in [0.15, 0.2) is 6.20 Å². The maximum atomic E-state index is 5.31. The van der Waals surface area contributed by atoms with E-state index in [0.29, 0.717) is 4.83 Å². The fraction of sp³-hybridized carbons (Fsp3) is 0.636. The predicted octanol–water partition coefficient (Wildman–Crippen LogP) is 2.08. The molecule has 0 aromatic carbocycles. The van der Waals surface area contributed by atoms with Crippen LogP contribution in [0.5, 0.6) is 0 Å². The van der Waals surface area contributed by atoms with Gasteiger partial charge in [-0.05, 0) is 13.8 Å². The smallest absolute Gasteiger partial charge is 0.225 e. The number of hydrogen-bond donors (Lipinski definition) is 0. The van der Waals surface area contributed by atoms with Crippen LogP contribution >= 0.6 is 15.9 Å². The lowest BCUT2D eigenvalue weighted by Gasteiger charge is -2.27. The Hall–Kier alpha value is -0.680. The van der Waals surface area contributed by atoms with Crippen molar-refractivity contribution in [1.82, 2.24) is 9.97 Å². The van der Waals surface area contributed by atoms with Gasteiger partial charge in [-0.15, -0.1) is 0 Å². The molecule has 0 aliphatic carbocycles. The topological polar surface area (TPSA) is 38.2 Å². The van der Waals surface area contributed by atoms with Gasteiger partial charge in [-0.2, -0.15) is 0 Å². The molecule has 1 unspecified atom stereocenters. The molecule has 16 heavy (non-hydrogen) atoms. The van der Waals surface area contributed by atoms with Crippen molar-refractivity contribution in [2.75, 3.05) is 31.2 Å². The van der Waals surface area contributed by atoms with Gasteiger partial charge >= 0.3 is 0 Å². The van der Waals surface area contributed by atoms with Crippen molar-refractivity contribution < 1.29 is 4.74 Å². The highest BCUT2D eigenvalue weighted by atomic mass is 79.9. The van der Waals surface area contributed by atoms with E-state index in [2.05, 4.69) is 37.7 Å². The first-order chi connectivity index (χ1) is 7.68. The van der Waals surface area contributed by atoms with Crippen LogP contribution in [0.2, 0.25) is 0 Å². The number of anilines is 1. The molecule has 2 rings (SSSR count). The van der Waals surface area contributed by atoms with E-state index in [-0.39, 0.29) is 0 Å². The third-order valence-electron chi connectivity index (χ3n) is 2.73. The lowest BCUT2D eigenvalue weighted by molar-refractivity contribution is 0.122. The highest BCUT2D eigenvalue weighted by Crippen LogP contribution is 2.24. The summed E-state index contributed by atoms with van der Waals surface area (Å²) in [6.07, 6.45) is 1.91. The quantitative estimate of drug-likeness (QED) is 0.780. The molecule has 5 heteroatoms. The molecule has 4 nitrogen and oxygen atoms in total. The van der Waals surface area contributed by atoms with Crippen LogP contribution in [-0.4, -0.2) is 36.3 Å². The third kappa shape index (κ3) is 2.52. The maximum Gasteiger partial charge on any atom is 0.225 e. The van der Waals surface area contributed by atoms with E-state index in [1.165, 1.54) is 0 Å². The van der Waals surface area contributed by atoms with E-state index >= 15 is 0 Å². The minimum absolute atomic E-state index is 0.297. The largest absolute Gasteiger partial charge is 0.378 e. The van der Waals surface area contributed by atoms with E-state index in [1.807, 2.05) is 13.1 Å². The molecule has 1 aliphatic rings. The first kappa shape index (κ1) is 11.8. The second kappa shape index (κ2) is 5.10. The Morgan fingerprint density at radius 2 is 2.12 bits per heavy atom. The van der Waals surface area contributed by atoms with Crippen LogP contribution in [0, 0.1) is 6.92 Å². The fourth-order valence-electron chi connectivity index (χ4n) is 1.77. The van der Waals surface area contributed by atoms with Gasteiger partial charge in [0.15, 0.2) is 0 Å². The van der Waals surface area contributed by atoms with Crippen LogP contribution in [0.25, 0.3) is 0 Å². The summed E-state index contributed by atoms with van der Waals surface area (Å²) in [5.41, 5.74) is 2.19. The molecule has 1 aliphatic heterocycles. The molecule has 0 spiro atoms. The lowest BCUT2D eigenvalue weighted by Crippen LogP contribution is -2.37. The van der Waals surface area contributed by atoms with Gasteiger partial charge in [0.1, 0.15) is 0 Å². The molecule has 0 N–H and O–H groups in total. The minimum Gasteiger partial charge on any atom is -0.378 e. The van der Waals surface area contributed by atoms with Gasteiger partial charge in [0.2, 0.25) is 5.95 Å². The van der Waals surface area contributed by atoms with Gasteiger partial charge in [-0.25, -0.2) is 9.97 Å². The standard InChI is InChI=1S/C11H16BrN3O/c1-8(12)10-7-13-11(14-9(10)2)15-3-5-16-6-4-15/h7-8H,3-6H2,1-2H3. The molecule has 1 aromatic rings. The molecule has 0 amide bonds. The Labute approximate surface area is 104 Å². The van der Waals surface area contributed by atoms with Crippen LogP contribution < -0.4 is 4.90 Å². The van der Waals surface area contributed by atoms with E-state index in [1.54, 1.807) is 0 Å². The number of rotatable bonds is 2. The summed E-state index contributed by atoms with van der Waals surface area (Å²) in [4.78, 5) is 11.4. The zero-order valence-corrected chi connectivity index (χ0v) is 11.2. The van der Waals surface area contributed by atoms with E-state index in [9.17, 15) is 0 Å². The van der Waals surface area contributed by atoms with Gasteiger partial charge in [0.25, 0.3) is 0 Å². The average Bonchev–Trinajstić information content (AvgIpc) is 2.29. The Morgan fingerprint density at radius 3 is 2.69 bits per heavy atom. The zero-order chi connectivity index (χ0) is 11.5. The number of aromatic nitrogens is 2. The lowest BCUT2D eigenvalue weighted by atomic mass is 10.2. The maximum absolute atomic E-state index is 5.31. The van der Waals surface area contributed by atoms with Gasteiger partial charge in [-0.3, -0.25) is 0 Å². The van der Waals surface area contributed by atoms with Crippen molar-refractivity contribution in [3.63, 3.8) is 0 Å². The second-order valence-corrected chi connectivity index (χ2v) is 5.30. The number of nitrogens with zero attached hydrogens (tertiary/aromatic N) is 3. The van der Waals surface area contributed by atoms with Crippen LogP contribution in [0.1, 0.15) is 23.0 Å². The number of alkyl halides is 1. The van der Waals surface area contributed by atoms with Gasteiger partial charge < -0.3 is 9.64 Å². The van der Waals surface area contributed by atoms with Crippen molar-refractivity contribution in [1.29, 1.82) is 0 Å². The Balaban J connectivity index is 2.19. The summed E-state index contributed by atoms with van der Waals surface area (Å²) < 4.78 is 5.31. The summed E-state index contributed by atoms with van der Waals surface area (Å²) in [6.45, 7) is 7.39. The highest BCUT2D eigenvalue weighted by molar-refractivity contribution is 9.09. The molecular formula is C11H16BrN3O. The Kier molecular flexibility index (Phi) is 3.76. The predicted molar refractivity (Wildman–Crippen MR) is 67.1 cm³/mol. The minimum atomic E-state index is 0.297. The summed E-state index contributed by atoms with van der Waals surface area (Å²) in [7, 11) is 0. The average molecular weight is 286 g/mol. The van der Waals surface area contributed by atoms with Crippen LogP contribution in [0.4, 0.5) is 5.95 Å². The van der Waals surface area contributed by atoms with E-state index < -0.39 is 0 Å². The number of hydrogen-bond acceptors (Lipinski definition) is 4. The third-order valence-corrected chi connectivity index (χ3v) is 3.22. The zero-order valence-electron chi connectivity index (χ0n) is 9.61. The van der Waals surface area contributed by atoms with E-state index in [4.69, 9.17) is 4.74 Å². The van der Waals surface area contributed by atoms with Gasteiger partial charge in [0, 0.05) is 35.4 Å². The normalized spacial score (nSPS) is 18.6. The van der Waals surface area contributed by atoms with Crippen molar-refractivity contribution in [2.24, 2.45) is 0 Å². The van der Waals surface area contributed by atoms with Gasteiger partial charge in [0.05, 0.1) is 13.2 Å². The number of ether oxygens (including phenoxy) is 1. The van der Waals surface area contributed by atoms with Crippen LogP contribution in [0.3, 0.4) is 0 Å². The SMILES string of the molecule is Cc1nc(N2CCOCC2)ncc1C(C)Br. The molecule has 1 saturated heterocycles. The highest BCUT2D eigenvalue weighted by Gasteiger charge is 2.15. The summed E-state index contributed by atoms with van der Waals surface area (Å²) >= 11 is 3.54. The molecule has 1 fully saturated rings. The first-order valence-electron chi connectivity index (χ1n) is 5.49. The molecule has 1 aromatic heterocycles. The molecule has 0 radical (unpaired) electrons. The summed E-state index contributed by atoms with van der Waals surface area (Å²) in [5.74, 6) is 0.817. The molecule has 1 atom stereocenters. The molecule has 0 bridgehead atoms. The molecule has 0 saturated carbocycles. The second-order valence-electron chi connectivity index (χ2n) is 3.93. The summed E-state index contributed by atoms with van der Waals surface area (Å²) in [5, 5.41) is 0. The van der Waals surface area contributed by atoms with Crippen molar-refractivity contribution in [3.05, 3.63) is 17.5 Å². The van der Waals surface area contributed by atoms with Crippen LogP contribution in [-0.2, 0) is 4.74 Å². The Morgan fingerprint density at radius 1 is 1.44 bits per heavy atom. The van der Waals surface area contributed by atoms with Crippen molar-refractivity contribution in [2.45, 2.75) is 18.7 Å². The van der Waals surface area contributed by atoms with Gasteiger partial charge in [-0.1, -0.05) is 15.9 Å². The first-order valence-corrected chi connectivity index (χ1v) is 6.40.